The van der Waals surface area contributed by atoms with Gasteiger partial charge in [-0.05, 0) is 36.6 Å². The molecule has 2 heterocycles. The van der Waals surface area contributed by atoms with E-state index in [1.807, 2.05) is 24.4 Å². The van der Waals surface area contributed by atoms with Crippen LogP contribution in [-0.4, -0.2) is 36.7 Å². The maximum Gasteiger partial charge on any atom is 0.191 e. The Hall–Kier alpha value is -2.56. The standard InChI is InChI=1S/C19H24N4O/c1-2-21-19(22-11-9-15-6-5-10-20-13-15)23-14-17-12-16-7-3-4-8-18(16)24-17/h3-8,10,13,17H,2,9,11-12,14H2,1H3,(H2,21,22,23). The van der Waals surface area contributed by atoms with Gasteiger partial charge in [0.15, 0.2) is 5.96 Å². The summed E-state index contributed by atoms with van der Waals surface area (Å²) in [6.45, 7) is 4.38. The van der Waals surface area contributed by atoms with Gasteiger partial charge in [0.2, 0.25) is 0 Å². The Bertz CT molecular complexity index is 647. The fourth-order valence-electron chi connectivity index (χ4n) is 2.76. The van der Waals surface area contributed by atoms with Gasteiger partial charge in [0, 0.05) is 31.9 Å². The molecule has 0 radical (unpaired) electrons. The largest absolute Gasteiger partial charge is 0.488 e. The highest BCUT2D eigenvalue weighted by Crippen LogP contribution is 2.28. The predicted octanol–water partition coefficient (Wildman–Crippen LogP) is 2.18. The van der Waals surface area contributed by atoms with Crippen LogP contribution in [0.2, 0.25) is 0 Å². The second-order valence-corrected chi connectivity index (χ2v) is 5.81. The zero-order valence-corrected chi connectivity index (χ0v) is 14.0. The number of benzene rings is 1. The van der Waals surface area contributed by atoms with Crippen LogP contribution in [-0.2, 0) is 12.8 Å². The summed E-state index contributed by atoms with van der Waals surface area (Å²) in [5, 5.41) is 6.65. The van der Waals surface area contributed by atoms with Crippen molar-refractivity contribution in [2.45, 2.75) is 25.9 Å². The van der Waals surface area contributed by atoms with Gasteiger partial charge < -0.3 is 15.4 Å². The molecule has 0 spiro atoms. The lowest BCUT2D eigenvalue weighted by molar-refractivity contribution is 0.241. The molecule has 0 saturated heterocycles. The summed E-state index contributed by atoms with van der Waals surface area (Å²) in [5.74, 6) is 1.83. The SMILES string of the molecule is CCNC(=NCC1Cc2ccccc2O1)NCCc1cccnc1. The lowest BCUT2D eigenvalue weighted by Crippen LogP contribution is -2.39. The minimum Gasteiger partial charge on any atom is -0.488 e. The van der Waals surface area contributed by atoms with Crippen molar-refractivity contribution in [2.75, 3.05) is 19.6 Å². The number of hydrogen-bond acceptors (Lipinski definition) is 3. The second-order valence-electron chi connectivity index (χ2n) is 5.81. The van der Waals surface area contributed by atoms with Gasteiger partial charge >= 0.3 is 0 Å². The van der Waals surface area contributed by atoms with Crippen LogP contribution in [0.3, 0.4) is 0 Å². The van der Waals surface area contributed by atoms with Crippen LogP contribution in [0, 0.1) is 0 Å². The highest BCUT2D eigenvalue weighted by atomic mass is 16.5. The van der Waals surface area contributed by atoms with E-state index in [0.29, 0.717) is 6.54 Å². The molecule has 0 saturated carbocycles. The van der Waals surface area contributed by atoms with Crippen molar-refractivity contribution < 1.29 is 4.74 Å². The second kappa shape index (κ2) is 8.34. The van der Waals surface area contributed by atoms with E-state index < -0.39 is 0 Å². The van der Waals surface area contributed by atoms with Crippen LogP contribution in [0.15, 0.2) is 53.8 Å². The van der Waals surface area contributed by atoms with E-state index >= 15 is 0 Å². The lowest BCUT2D eigenvalue weighted by atomic mass is 10.1. The van der Waals surface area contributed by atoms with Crippen LogP contribution in [0.1, 0.15) is 18.1 Å². The Morgan fingerprint density at radius 3 is 2.96 bits per heavy atom. The normalized spacial score (nSPS) is 16.4. The molecule has 2 aromatic rings. The molecule has 1 unspecified atom stereocenters. The van der Waals surface area contributed by atoms with Crippen molar-refractivity contribution in [3.63, 3.8) is 0 Å². The van der Waals surface area contributed by atoms with Crippen molar-refractivity contribution in [2.24, 2.45) is 4.99 Å². The van der Waals surface area contributed by atoms with Crippen molar-refractivity contribution >= 4 is 5.96 Å². The minimum absolute atomic E-state index is 0.121. The first-order valence-corrected chi connectivity index (χ1v) is 8.51. The van der Waals surface area contributed by atoms with Crippen LogP contribution < -0.4 is 15.4 Å². The minimum atomic E-state index is 0.121. The maximum atomic E-state index is 5.94. The Balaban J connectivity index is 1.49. The molecule has 0 fully saturated rings. The molecule has 1 atom stereocenters. The molecule has 1 aromatic carbocycles. The van der Waals surface area contributed by atoms with Gasteiger partial charge in [0.25, 0.3) is 0 Å². The van der Waals surface area contributed by atoms with Crippen LogP contribution in [0.5, 0.6) is 5.75 Å². The third kappa shape index (κ3) is 4.47. The highest BCUT2D eigenvalue weighted by molar-refractivity contribution is 5.79. The molecule has 24 heavy (non-hydrogen) atoms. The first-order valence-electron chi connectivity index (χ1n) is 8.51. The molecule has 1 aliphatic heterocycles. The van der Waals surface area contributed by atoms with Gasteiger partial charge in [0.05, 0.1) is 6.54 Å². The maximum absolute atomic E-state index is 5.94. The number of nitrogens with zero attached hydrogens (tertiary/aromatic N) is 2. The average molecular weight is 324 g/mol. The van der Waals surface area contributed by atoms with Crippen molar-refractivity contribution in [3.05, 3.63) is 59.9 Å². The molecule has 5 nitrogen and oxygen atoms in total. The number of para-hydroxylation sites is 1. The van der Waals surface area contributed by atoms with Crippen molar-refractivity contribution in [1.82, 2.24) is 15.6 Å². The predicted molar refractivity (Wildman–Crippen MR) is 96.5 cm³/mol. The average Bonchev–Trinajstić information content (AvgIpc) is 3.03. The third-order valence-corrected chi connectivity index (χ3v) is 3.94. The molecular formula is C19H24N4O. The van der Waals surface area contributed by atoms with Gasteiger partial charge in [-0.3, -0.25) is 4.98 Å². The fraction of sp³-hybridized carbons (Fsp3) is 0.368. The number of pyridine rings is 1. The van der Waals surface area contributed by atoms with E-state index in [9.17, 15) is 0 Å². The van der Waals surface area contributed by atoms with Gasteiger partial charge in [-0.2, -0.15) is 0 Å². The number of fused-ring (bicyclic) bond motifs is 1. The summed E-state index contributed by atoms with van der Waals surface area (Å²) >= 11 is 0. The first kappa shape index (κ1) is 16.3. The lowest BCUT2D eigenvalue weighted by Gasteiger charge is -2.13. The number of ether oxygens (including phenoxy) is 1. The molecule has 2 N–H and O–H groups in total. The van der Waals surface area contributed by atoms with Gasteiger partial charge in [-0.25, -0.2) is 4.99 Å². The quantitative estimate of drug-likeness (QED) is 0.632. The number of hydrogen-bond donors (Lipinski definition) is 2. The summed E-state index contributed by atoms with van der Waals surface area (Å²) in [5.41, 5.74) is 2.49. The fourth-order valence-corrected chi connectivity index (χ4v) is 2.76. The highest BCUT2D eigenvalue weighted by Gasteiger charge is 2.21. The summed E-state index contributed by atoms with van der Waals surface area (Å²) in [7, 11) is 0. The van der Waals surface area contributed by atoms with Gasteiger partial charge in [0.1, 0.15) is 11.9 Å². The molecule has 5 heteroatoms. The molecule has 0 amide bonds. The Kier molecular flexibility index (Phi) is 5.66. The molecule has 0 bridgehead atoms. The van der Waals surface area contributed by atoms with E-state index in [0.717, 1.165) is 37.6 Å². The number of nitrogens with one attached hydrogen (secondary N) is 2. The van der Waals surface area contributed by atoms with Crippen LogP contribution >= 0.6 is 0 Å². The molecular weight excluding hydrogens is 300 g/mol. The zero-order chi connectivity index (χ0) is 16.6. The summed E-state index contributed by atoms with van der Waals surface area (Å²) in [6, 6.07) is 12.3. The van der Waals surface area contributed by atoms with Crippen LogP contribution in [0.25, 0.3) is 0 Å². The van der Waals surface area contributed by atoms with E-state index in [4.69, 9.17) is 4.74 Å². The summed E-state index contributed by atoms with van der Waals surface area (Å²) in [4.78, 5) is 8.80. The number of guanidine groups is 1. The number of aromatic nitrogens is 1. The monoisotopic (exact) mass is 324 g/mol. The number of rotatable bonds is 6. The molecule has 0 aliphatic carbocycles. The van der Waals surface area contributed by atoms with Crippen molar-refractivity contribution in [3.8, 4) is 5.75 Å². The summed E-state index contributed by atoms with van der Waals surface area (Å²) in [6.07, 6.45) is 5.66. The molecule has 1 aliphatic rings. The van der Waals surface area contributed by atoms with Gasteiger partial charge in [-0.15, -0.1) is 0 Å². The van der Waals surface area contributed by atoms with Crippen molar-refractivity contribution in [1.29, 1.82) is 0 Å². The molecule has 1 aromatic heterocycles. The molecule has 126 valence electrons. The Morgan fingerprint density at radius 2 is 2.17 bits per heavy atom. The Labute approximate surface area is 143 Å². The van der Waals surface area contributed by atoms with E-state index in [1.54, 1.807) is 6.20 Å². The summed E-state index contributed by atoms with van der Waals surface area (Å²) < 4.78 is 5.94. The van der Waals surface area contributed by atoms with Gasteiger partial charge in [-0.1, -0.05) is 24.3 Å². The van der Waals surface area contributed by atoms with E-state index in [1.165, 1.54) is 11.1 Å². The smallest absolute Gasteiger partial charge is 0.191 e. The Morgan fingerprint density at radius 1 is 1.25 bits per heavy atom. The third-order valence-electron chi connectivity index (χ3n) is 3.94. The number of aliphatic imine (C=N–C) groups is 1. The van der Waals surface area contributed by atoms with Crippen LogP contribution in [0.4, 0.5) is 0 Å². The first-order chi connectivity index (χ1) is 11.8. The van der Waals surface area contributed by atoms with E-state index in [2.05, 4.69) is 45.7 Å². The van der Waals surface area contributed by atoms with E-state index in [-0.39, 0.29) is 6.10 Å². The topological polar surface area (TPSA) is 58.5 Å². The zero-order valence-electron chi connectivity index (χ0n) is 14.0. The molecule has 3 rings (SSSR count).